The second-order valence-corrected chi connectivity index (χ2v) is 7.81. The first-order valence-electron chi connectivity index (χ1n) is 7.25. The highest BCUT2D eigenvalue weighted by atomic mass is 79.9. The number of nitrogens with zero attached hydrogens (tertiary/aromatic N) is 4. The van der Waals surface area contributed by atoms with Crippen LogP contribution in [0.25, 0.3) is 0 Å². The zero-order valence-corrected chi connectivity index (χ0v) is 14.5. The molecule has 0 radical (unpaired) electrons. The van der Waals surface area contributed by atoms with Crippen LogP contribution in [0.15, 0.2) is 4.47 Å². The number of hydrogen-bond acceptors (Lipinski definition) is 6. The van der Waals surface area contributed by atoms with Crippen molar-refractivity contribution in [1.29, 1.82) is 0 Å². The summed E-state index contributed by atoms with van der Waals surface area (Å²) in [6, 6.07) is 0. The van der Waals surface area contributed by atoms with Gasteiger partial charge in [0.05, 0.1) is 23.3 Å². The van der Waals surface area contributed by atoms with Crippen molar-refractivity contribution >= 4 is 38.9 Å². The number of anilines is 2. The van der Waals surface area contributed by atoms with Gasteiger partial charge in [-0.05, 0) is 22.9 Å². The third-order valence-electron chi connectivity index (χ3n) is 3.86. The Labute approximate surface area is 136 Å². The lowest BCUT2D eigenvalue weighted by atomic mass is 10.3. The van der Waals surface area contributed by atoms with Gasteiger partial charge in [0.15, 0.2) is 0 Å². The second kappa shape index (κ2) is 6.68. The average Bonchev–Trinajstić information content (AvgIpc) is 2.52. The summed E-state index contributed by atoms with van der Waals surface area (Å²) in [5.74, 6) is 3.18. The molecule has 0 bridgehead atoms. The summed E-state index contributed by atoms with van der Waals surface area (Å²) < 4.78 is 12.5. The SMILES string of the molecule is Cc1nc(N2CCNCC2)nc(N2CC[S+]([O-])CC2)c1Br. The maximum Gasteiger partial charge on any atom is 0.227 e. The Kier molecular flexibility index (Phi) is 4.88. The highest BCUT2D eigenvalue weighted by Crippen LogP contribution is 2.29. The highest BCUT2D eigenvalue weighted by Gasteiger charge is 2.25. The van der Waals surface area contributed by atoms with Gasteiger partial charge in [-0.2, -0.15) is 4.98 Å². The van der Waals surface area contributed by atoms with E-state index >= 15 is 0 Å². The van der Waals surface area contributed by atoms with E-state index in [1.54, 1.807) is 0 Å². The maximum atomic E-state index is 11.5. The van der Waals surface area contributed by atoms with Gasteiger partial charge in [0.1, 0.15) is 17.3 Å². The molecule has 0 aromatic carbocycles. The Bertz CT molecular complexity index is 504. The van der Waals surface area contributed by atoms with Crippen LogP contribution in [0.2, 0.25) is 0 Å². The first-order chi connectivity index (χ1) is 10.1. The molecule has 1 N–H and O–H groups in total. The normalized spacial score (nSPS) is 20.9. The number of rotatable bonds is 2. The Balaban J connectivity index is 1.86. The van der Waals surface area contributed by atoms with Crippen LogP contribution in [0.5, 0.6) is 0 Å². The van der Waals surface area contributed by atoms with Crippen molar-refractivity contribution in [3.63, 3.8) is 0 Å². The van der Waals surface area contributed by atoms with Crippen LogP contribution >= 0.6 is 15.9 Å². The monoisotopic (exact) mass is 373 g/mol. The molecule has 0 atom stereocenters. The van der Waals surface area contributed by atoms with Crippen molar-refractivity contribution in [2.24, 2.45) is 0 Å². The van der Waals surface area contributed by atoms with E-state index in [2.05, 4.69) is 36.0 Å². The van der Waals surface area contributed by atoms with Crippen LogP contribution < -0.4 is 15.1 Å². The molecule has 6 nitrogen and oxygen atoms in total. The summed E-state index contributed by atoms with van der Waals surface area (Å²) in [6.07, 6.45) is 0. The van der Waals surface area contributed by atoms with E-state index in [0.29, 0.717) is 0 Å². The Morgan fingerprint density at radius 2 is 1.76 bits per heavy atom. The summed E-state index contributed by atoms with van der Waals surface area (Å²) in [6.45, 7) is 7.40. The van der Waals surface area contributed by atoms with E-state index in [-0.39, 0.29) is 0 Å². The number of halogens is 1. The van der Waals surface area contributed by atoms with Crippen LogP contribution in [0.3, 0.4) is 0 Å². The molecular formula is C13H20BrN5OS. The van der Waals surface area contributed by atoms with Crippen LogP contribution in [0.4, 0.5) is 11.8 Å². The fourth-order valence-electron chi connectivity index (χ4n) is 2.60. The molecular weight excluding hydrogens is 354 g/mol. The van der Waals surface area contributed by atoms with Gasteiger partial charge in [-0.25, -0.2) is 4.98 Å². The summed E-state index contributed by atoms with van der Waals surface area (Å²) in [5.41, 5.74) is 0.959. The lowest BCUT2D eigenvalue weighted by molar-refractivity contribution is 0.577. The fraction of sp³-hybridized carbons (Fsp3) is 0.692. The first-order valence-corrected chi connectivity index (χ1v) is 9.53. The predicted molar refractivity (Wildman–Crippen MR) is 89.6 cm³/mol. The van der Waals surface area contributed by atoms with E-state index in [0.717, 1.165) is 72.7 Å². The average molecular weight is 374 g/mol. The summed E-state index contributed by atoms with van der Waals surface area (Å²) >= 11 is 2.94. The molecule has 3 rings (SSSR count). The quantitative estimate of drug-likeness (QED) is 0.762. The first kappa shape index (κ1) is 15.3. The Morgan fingerprint density at radius 1 is 1.10 bits per heavy atom. The molecule has 1 aromatic rings. The van der Waals surface area contributed by atoms with Gasteiger partial charge in [-0.15, -0.1) is 0 Å². The molecule has 0 saturated carbocycles. The molecule has 0 unspecified atom stereocenters. The molecule has 2 fully saturated rings. The van der Waals surface area contributed by atoms with Crippen molar-refractivity contribution in [3.05, 3.63) is 10.2 Å². The zero-order valence-electron chi connectivity index (χ0n) is 12.1. The van der Waals surface area contributed by atoms with E-state index < -0.39 is 11.2 Å². The van der Waals surface area contributed by atoms with Gasteiger partial charge >= 0.3 is 0 Å². The highest BCUT2D eigenvalue weighted by molar-refractivity contribution is 9.10. The van der Waals surface area contributed by atoms with Gasteiger partial charge in [-0.1, -0.05) is 11.2 Å². The van der Waals surface area contributed by atoms with Crippen LogP contribution in [-0.4, -0.2) is 65.3 Å². The number of nitrogens with one attached hydrogen (secondary N) is 1. The fourth-order valence-corrected chi connectivity index (χ4v) is 4.08. The minimum absolute atomic E-state index is 0.675. The minimum Gasteiger partial charge on any atom is -0.616 e. The molecule has 1 aromatic heterocycles. The zero-order chi connectivity index (χ0) is 14.8. The summed E-state index contributed by atoms with van der Waals surface area (Å²) in [7, 11) is 0. The van der Waals surface area contributed by atoms with E-state index in [1.165, 1.54) is 0 Å². The van der Waals surface area contributed by atoms with E-state index in [9.17, 15) is 4.55 Å². The number of aryl methyl sites for hydroxylation is 1. The van der Waals surface area contributed by atoms with Crippen molar-refractivity contribution in [2.75, 3.05) is 60.6 Å². The van der Waals surface area contributed by atoms with E-state index in [4.69, 9.17) is 4.98 Å². The standard InChI is InChI=1S/C13H20BrN5OS/c1-10-11(14)12(18-6-8-21(20)9-7-18)17-13(16-10)19-4-2-15-3-5-19/h15H,2-9H2,1H3. The molecule has 2 aliphatic heterocycles. The van der Waals surface area contributed by atoms with Crippen molar-refractivity contribution < 1.29 is 4.55 Å². The Morgan fingerprint density at radius 3 is 2.43 bits per heavy atom. The molecule has 0 spiro atoms. The lowest BCUT2D eigenvalue weighted by Gasteiger charge is -2.32. The smallest absolute Gasteiger partial charge is 0.227 e. The third kappa shape index (κ3) is 3.44. The molecule has 0 amide bonds. The Hall–Kier alpha value is -0.570. The van der Waals surface area contributed by atoms with Gasteiger partial charge < -0.3 is 19.7 Å². The van der Waals surface area contributed by atoms with Crippen LogP contribution in [-0.2, 0) is 11.2 Å². The predicted octanol–water partition coefficient (Wildman–Crippen LogP) is 0.526. The minimum atomic E-state index is -0.675. The maximum absolute atomic E-state index is 11.5. The third-order valence-corrected chi connectivity index (χ3v) is 6.07. The largest absolute Gasteiger partial charge is 0.616 e. The van der Waals surface area contributed by atoms with Crippen molar-refractivity contribution in [2.45, 2.75) is 6.92 Å². The molecule has 8 heteroatoms. The molecule has 3 heterocycles. The molecule has 2 aliphatic rings. The van der Waals surface area contributed by atoms with Gasteiger partial charge in [-0.3, -0.25) is 0 Å². The molecule has 0 aliphatic carbocycles. The molecule has 2 saturated heterocycles. The van der Waals surface area contributed by atoms with E-state index in [1.807, 2.05) is 6.92 Å². The van der Waals surface area contributed by atoms with Crippen molar-refractivity contribution in [3.8, 4) is 0 Å². The molecule has 21 heavy (non-hydrogen) atoms. The number of hydrogen-bond donors (Lipinski definition) is 1. The van der Waals surface area contributed by atoms with Gasteiger partial charge in [0.25, 0.3) is 0 Å². The summed E-state index contributed by atoms with van der Waals surface area (Å²) in [4.78, 5) is 13.8. The lowest BCUT2D eigenvalue weighted by Crippen LogP contribution is -2.45. The van der Waals surface area contributed by atoms with Crippen molar-refractivity contribution in [1.82, 2.24) is 15.3 Å². The molecule has 116 valence electrons. The topological polar surface area (TPSA) is 67.4 Å². The second-order valence-electron chi connectivity index (χ2n) is 5.32. The van der Waals surface area contributed by atoms with Crippen LogP contribution in [0, 0.1) is 6.92 Å². The number of aromatic nitrogens is 2. The van der Waals surface area contributed by atoms with Crippen LogP contribution in [0.1, 0.15) is 5.69 Å². The summed E-state index contributed by atoms with van der Waals surface area (Å²) in [5, 5.41) is 3.34. The van der Waals surface area contributed by atoms with Gasteiger partial charge in [0, 0.05) is 26.2 Å². The van der Waals surface area contributed by atoms with Gasteiger partial charge in [0.2, 0.25) is 5.95 Å². The number of piperazine rings is 1.